The van der Waals surface area contributed by atoms with E-state index in [1.165, 1.54) is 12.0 Å². The van der Waals surface area contributed by atoms with Crippen LogP contribution in [0.3, 0.4) is 0 Å². The van der Waals surface area contributed by atoms with Gasteiger partial charge in [0.25, 0.3) is 5.78 Å². The summed E-state index contributed by atoms with van der Waals surface area (Å²) in [5, 5.41) is 11.7. The highest BCUT2D eigenvalue weighted by Crippen LogP contribution is 2.44. The minimum atomic E-state index is -0.987. The van der Waals surface area contributed by atoms with Gasteiger partial charge in [-0.25, -0.2) is 4.98 Å². The number of benzene rings is 3. The number of carbonyl (C=O) groups is 2. The number of nitrogens with one attached hydrogen (secondary N) is 1. The second kappa shape index (κ2) is 10.8. The number of aromatic nitrogens is 2. The normalized spacial score (nSPS) is 16.5. The van der Waals surface area contributed by atoms with Crippen molar-refractivity contribution in [2.45, 2.75) is 33.7 Å². The number of imidazole rings is 1. The number of fused-ring (bicyclic) bond motifs is 1. The van der Waals surface area contributed by atoms with Gasteiger partial charge in [-0.05, 0) is 80.8 Å². The Labute approximate surface area is 232 Å². The minimum absolute atomic E-state index is 0.0869. The van der Waals surface area contributed by atoms with E-state index in [0.717, 1.165) is 16.6 Å². The molecule has 0 aliphatic carbocycles. The molecule has 40 heavy (non-hydrogen) atoms. The first kappa shape index (κ1) is 26.8. The molecule has 1 amide bonds. The summed E-state index contributed by atoms with van der Waals surface area (Å²) in [7, 11) is 1.54. The number of carbonyl (C=O) groups excluding carboxylic acids is 2. The average Bonchev–Trinajstić information content (AvgIpc) is 3.46. The number of amides is 1. The molecule has 4 aromatic rings. The van der Waals surface area contributed by atoms with E-state index < -0.39 is 17.7 Å². The number of Topliss-reactive ketones (excluding diaryl/α,β-unsaturated/α-hetero) is 1. The third kappa shape index (κ3) is 4.64. The number of H-pyrrole nitrogens is 1. The van der Waals surface area contributed by atoms with E-state index in [4.69, 9.17) is 14.2 Å². The van der Waals surface area contributed by atoms with E-state index in [1.54, 1.807) is 42.5 Å². The summed E-state index contributed by atoms with van der Waals surface area (Å²) >= 11 is 0. The standard InChI is InChI=1S/C31H31N3O6/c1-6-39-21-11-12-22(25(16-21)40-7-2)28(35)26-27(19-9-8-10-20(15-19)38-5)34(30(37)29(26)36)31-32-23-13-17(3)18(4)14-24(23)33-31/h8-16,27,35H,6-7H2,1-5H3,(H,32,33)/b28-26+. The third-order valence-corrected chi connectivity index (χ3v) is 6.99. The molecule has 1 saturated heterocycles. The molecule has 0 radical (unpaired) electrons. The number of aryl methyl sites for hydroxylation is 2. The summed E-state index contributed by atoms with van der Waals surface area (Å²) in [5.41, 5.74) is 4.26. The first-order chi connectivity index (χ1) is 19.3. The van der Waals surface area contributed by atoms with Crippen molar-refractivity contribution in [2.75, 3.05) is 25.2 Å². The molecule has 5 rings (SSSR count). The SMILES string of the molecule is CCOc1ccc(/C(O)=C2\C(=O)C(=O)N(c3nc4cc(C)c(C)cc4[nH]3)C2c2cccc(OC)c2)c(OCC)c1. The van der Waals surface area contributed by atoms with E-state index >= 15 is 0 Å². The van der Waals surface area contributed by atoms with Gasteiger partial charge in [0, 0.05) is 6.07 Å². The summed E-state index contributed by atoms with van der Waals surface area (Å²) < 4.78 is 16.8. The molecule has 3 aromatic carbocycles. The van der Waals surface area contributed by atoms with Crippen LogP contribution in [-0.2, 0) is 9.59 Å². The lowest BCUT2D eigenvalue weighted by Crippen LogP contribution is -2.30. The predicted molar refractivity (Wildman–Crippen MR) is 152 cm³/mol. The fourth-order valence-electron chi connectivity index (χ4n) is 4.92. The maximum atomic E-state index is 13.7. The van der Waals surface area contributed by atoms with Crippen molar-refractivity contribution in [3.05, 3.63) is 82.4 Å². The lowest BCUT2D eigenvalue weighted by atomic mass is 9.95. The lowest BCUT2D eigenvalue weighted by Gasteiger charge is -2.23. The topological polar surface area (TPSA) is 114 Å². The Hall–Kier alpha value is -4.79. The predicted octanol–water partition coefficient (Wildman–Crippen LogP) is 5.61. The first-order valence-electron chi connectivity index (χ1n) is 13.1. The molecule has 1 aromatic heterocycles. The molecule has 206 valence electrons. The zero-order valence-electron chi connectivity index (χ0n) is 23.1. The highest BCUT2D eigenvalue weighted by molar-refractivity contribution is 6.51. The van der Waals surface area contributed by atoms with Crippen LogP contribution in [0.4, 0.5) is 5.95 Å². The quantitative estimate of drug-likeness (QED) is 0.169. The molecule has 9 heteroatoms. The fraction of sp³-hybridized carbons (Fsp3) is 0.258. The molecule has 2 N–H and O–H groups in total. The van der Waals surface area contributed by atoms with E-state index in [9.17, 15) is 14.7 Å². The largest absolute Gasteiger partial charge is 0.507 e. The van der Waals surface area contributed by atoms with Crippen LogP contribution in [0.15, 0.2) is 60.2 Å². The van der Waals surface area contributed by atoms with Gasteiger partial charge in [-0.2, -0.15) is 0 Å². The smallest absolute Gasteiger partial charge is 0.302 e. The number of anilines is 1. The molecule has 0 spiro atoms. The van der Waals surface area contributed by atoms with Crippen LogP contribution in [0.5, 0.6) is 17.2 Å². The summed E-state index contributed by atoms with van der Waals surface area (Å²) in [6.07, 6.45) is 0. The number of methoxy groups -OCH3 is 1. The van der Waals surface area contributed by atoms with Crippen molar-refractivity contribution >= 4 is 34.4 Å². The van der Waals surface area contributed by atoms with Crippen LogP contribution in [0.25, 0.3) is 16.8 Å². The number of nitrogens with zero attached hydrogens (tertiary/aromatic N) is 2. The summed E-state index contributed by atoms with van der Waals surface area (Å²) in [6.45, 7) is 8.43. The minimum Gasteiger partial charge on any atom is -0.507 e. The van der Waals surface area contributed by atoms with Gasteiger partial charge in [0.15, 0.2) is 0 Å². The second-order valence-electron chi connectivity index (χ2n) is 9.48. The first-order valence-corrected chi connectivity index (χ1v) is 13.1. The van der Waals surface area contributed by atoms with E-state index in [-0.39, 0.29) is 22.8 Å². The van der Waals surface area contributed by atoms with E-state index in [1.807, 2.05) is 39.8 Å². The van der Waals surface area contributed by atoms with Crippen LogP contribution in [-0.4, -0.2) is 47.1 Å². The molecule has 0 saturated carbocycles. The Bertz CT molecular complexity index is 1620. The maximum absolute atomic E-state index is 13.7. The van der Waals surface area contributed by atoms with Crippen molar-refractivity contribution in [1.29, 1.82) is 0 Å². The van der Waals surface area contributed by atoms with Crippen LogP contribution >= 0.6 is 0 Å². The second-order valence-corrected chi connectivity index (χ2v) is 9.48. The lowest BCUT2D eigenvalue weighted by molar-refractivity contribution is -0.132. The van der Waals surface area contributed by atoms with Gasteiger partial charge < -0.3 is 24.3 Å². The molecule has 1 aliphatic heterocycles. The van der Waals surface area contributed by atoms with Gasteiger partial charge in [0.2, 0.25) is 5.95 Å². The maximum Gasteiger partial charge on any atom is 0.302 e. The number of aromatic amines is 1. The zero-order valence-corrected chi connectivity index (χ0v) is 23.1. The Morgan fingerprint density at radius 2 is 1.73 bits per heavy atom. The number of hydrogen-bond donors (Lipinski definition) is 2. The third-order valence-electron chi connectivity index (χ3n) is 6.99. The molecular formula is C31H31N3O6. The fourth-order valence-corrected chi connectivity index (χ4v) is 4.92. The van der Waals surface area contributed by atoms with Crippen LogP contribution in [0.2, 0.25) is 0 Å². The number of rotatable bonds is 8. The average molecular weight is 542 g/mol. The molecule has 2 heterocycles. The summed E-state index contributed by atoms with van der Waals surface area (Å²) in [5.74, 6) is -0.389. The van der Waals surface area contributed by atoms with Crippen LogP contribution < -0.4 is 19.1 Å². The molecular weight excluding hydrogens is 510 g/mol. The van der Waals surface area contributed by atoms with Crippen molar-refractivity contribution in [3.63, 3.8) is 0 Å². The number of hydrogen-bond acceptors (Lipinski definition) is 7. The highest BCUT2D eigenvalue weighted by atomic mass is 16.5. The van der Waals surface area contributed by atoms with Gasteiger partial charge >= 0.3 is 5.91 Å². The Balaban J connectivity index is 1.74. The summed E-state index contributed by atoms with van der Waals surface area (Å²) in [4.78, 5) is 36.5. The Morgan fingerprint density at radius 1 is 0.975 bits per heavy atom. The Kier molecular flexibility index (Phi) is 7.21. The van der Waals surface area contributed by atoms with Crippen LogP contribution in [0, 0.1) is 13.8 Å². The number of ketones is 1. The van der Waals surface area contributed by atoms with Crippen LogP contribution in [0.1, 0.15) is 42.1 Å². The van der Waals surface area contributed by atoms with Crippen molar-refractivity contribution in [3.8, 4) is 17.2 Å². The molecule has 9 nitrogen and oxygen atoms in total. The number of aliphatic hydroxyl groups is 1. The molecule has 1 unspecified atom stereocenters. The van der Waals surface area contributed by atoms with Crippen molar-refractivity contribution in [1.82, 2.24) is 9.97 Å². The molecule has 0 bridgehead atoms. The molecule has 1 aliphatic rings. The van der Waals surface area contributed by atoms with Gasteiger partial charge in [-0.3, -0.25) is 14.5 Å². The van der Waals surface area contributed by atoms with Crippen molar-refractivity contribution < 1.29 is 28.9 Å². The molecule has 1 fully saturated rings. The van der Waals surface area contributed by atoms with Gasteiger partial charge in [0.1, 0.15) is 23.0 Å². The van der Waals surface area contributed by atoms with Gasteiger partial charge in [0.05, 0.1) is 48.5 Å². The van der Waals surface area contributed by atoms with E-state index in [0.29, 0.717) is 41.5 Å². The Morgan fingerprint density at radius 3 is 2.45 bits per heavy atom. The molecule has 1 atom stereocenters. The number of aliphatic hydroxyl groups excluding tert-OH is 1. The number of ether oxygens (including phenoxy) is 3. The zero-order chi connectivity index (χ0) is 28.6. The summed E-state index contributed by atoms with van der Waals surface area (Å²) in [6, 6.07) is 14.9. The van der Waals surface area contributed by atoms with Crippen molar-refractivity contribution in [2.24, 2.45) is 0 Å². The van der Waals surface area contributed by atoms with Gasteiger partial charge in [-0.1, -0.05) is 12.1 Å². The van der Waals surface area contributed by atoms with E-state index in [2.05, 4.69) is 9.97 Å². The van der Waals surface area contributed by atoms with Gasteiger partial charge in [-0.15, -0.1) is 0 Å². The highest BCUT2D eigenvalue weighted by Gasteiger charge is 2.48. The monoisotopic (exact) mass is 541 g/mol.